The molecular formula is C51H89N9O9. The Hall–Kier alpha value is -4.61. The molecule has 3 rings (SSSR count). The van der Waals surface area contributed by atoms with Crippen LogP contribution in [0.4, 0.5) is 0 Å². The quantitative estimate of drug-likeness (QED) is 0.0691. The number of nitrogens with two attached hydrogens (primary N) is 1. The molecular weight excluding hydrogens is 883 g/mol. The van der Waals surface area contributed by atoms with E-state index in [1.165, 1.54) is 14.7 Å². The van der Waals surface area contributed by atoms with Crippen LogP contribution in [0.25, 0.3) is 0 Å². The van der Waals surface area contributed by atoms with Gasteiger partial charge in [0.05, 0.1) is 12.1 Å². The summed E-state index contributed by atoms with van der Waals surface area (Å²) in [4.78, 5) is 128. The standard InChI is InChI=1S/C51H89N9O9/c1-29(2)22-35(28-61)53-47(65)41-16-14-20-59(41)51(69)43-18-15-21-60(43)50(68)40(27-34(11)12)57-46(64)38(25-32(7)8)55-48(66)42-17-13-19-58(42)49(67)39(26-33(9)10)56-45(63)37(24-31(5)6)54-44(62)36(52)23-30(3)4/h28-43H,13-27,52H2,1-12H3,(H,53,65)(H,54,62)(H,55,66)(H,56,63)(H,57,64)/t35-,36-,37-,38-,39-,40-,41-,42-,43-/m0/s1. The van der Waals surface area contributed by atoms with Crippen molar-refractivity contribution in [2.24, 2.45) is 41.2 Å². The molecule has 0 aromatic carbocycles. The van der Waals surface area contributed by atoms with Gasteiger partial charge < -0.3 is 51.8 Å². The Morgan fingerprint density at radius 3 is 1.23 bits per heavy atom. The summed E-state index contributed by atoms with van der Waals surface area (Å²) in [5.41, 5.74) is 6.15. The number of hydrogen-bond donors (Lipinski definition) is 6. The first kappa shape index (κ1) is 58.7. The number of aldehydes is 1. The molecule has 69 heavy (non-hydrogen) atoms. The average molecular weight is 972 g/mol. The zero-order chi connectivity index (χ0) is 51.9. The molecule has 9 atom stereocenters. The second kappa shape index (κ2) is 27.7. The Bertz CT molecular complexity index is 1770. The molecule has 0 unspecified atom stereocenters. The van der Waals surface area contributed by atoms with E-state index in [0.29, 0.717) is 70.9 Å². The minimum Gasteiger partial charge on any atom is -0.345 e. The number of likely N-dealkylation sites (tertiary alicyclic amines) is 3. The van der Waals surface area contributed by atoms with Gasteiger partial charge in [-0.2, -0.15) is 0 Å². The fourth-order valence-electron chi connectivity index (χ4n) is 9.92. The van der Waals surface area contributed by atoms with E-state index in [1.807, 2.05) is 83.1 Å². The highest BCUT2D eigenvalue weighted by molar-refractivity contribution is 5.98. The largest absolute Gasteiger partial charge is 0.345 e. The SMILES string of the molecule is CC(C)C[C@@H](C=O)NC(=O)[C@@H]1CCCN1C(=O)[C@@H]1CCCN1C(=O)[C@H](CC(C)C)NC(=O)[C@H](CC(C)C)NC(=O)[C@@H]1CCCN1C(=O)[C@H](CC(C)C)NC(=O)[C@H](CC(C)C)NC(=O)[C@@H](N)CC(C)C. The van der Waals surface area contributed by atoms with Crippen LogP contribution in [0.15, 0.2) is 0 Å². The maximum Gasteiger partial charge on any atom is 0.246 e. The van der Waals surface area contributed by atoms with E-state index in [1.54, 1.807) is 0 Å². The van der Waals surface area contributed by atoms with Gasteiger partial charge in [0.15, 0.2) is 0 Å². The third-order valence-electron chi connectivity index (χ3n) is 13.1. The molecule has 0 radical (unpaired) electrons. The van der Waals surface area contributed by atoms with Gasteiger partial charge >= 0.3 is 0 Å². The number of carbonyl (C=O) groups excluding carboxylic acids is 9. The molecule has 0 saturated carbocycles. The summed E-state index contributed by atoms with van der Waals surface area (Å²) in [7, 11) is 0. The number of amides is 8. The maximum absolute atomic E-state index is 14.5. The van der Waals surface area contributed by atoms with Crippen LogP contribution in [0.3, 0.4) is 0 Å². The molecule has 392 valence electrons. The van der Waals surface area contributed by atoms with Gasteiger partial charge in [0, 0.05) is 19.6 Å². The molecule has 3 saturated heterocycles. The minimum absolute atomic E-state index is 0.0123. The highest BCUT2D eigenvalue weighted by atomic mass is 16.2. The molecule has 0 bridgehead atoms. The summed E-state index contributed by atoms with van der Waals surface area (Å²) in [5.74, 6) is -3.31. The summed E-state index contributed by atoms with van der Waals surface area (Å²) in [5, 5.41) is 14.4. The second-order valence-electron chi connectivity index (χ2n) is 22.4. The number of hydrogen-bond acceptors (Lipinski definition) is 10. The molecule has 3 aliphatic heterocycles. The van der Waals surface area contributed by atoms with Crippen LogP contribution in [0.1, 0.15) is 160 Å². The van der Waals surface area contributed by atoms with E-state index in [0.717, 1.165) is 6.29 Å². The molecule has 3 fully saturated rings. The van der Waals surface area contributed by atoms with E-state index in [4.69, 9.17) is 5.73 Å². The summed E-state index contributed by atoms with van der Waals surface area (Å²) in [6.45, 7) is 24.1. The van der Waals surface area contributed by atoms with Crippen molar-refractivity contribution in [3.8, 4) is 0 Å². The van der Waals surface area contributed by atoms with Gasteiger partial charge in [-0.3, -0.25) is 38.4 Å². The molecule has 7 N–H and O–H groups in total. The zero-order valence-corrected chi connectivity index (χ0v) is 43.9. The summed E-state index contributed by atoms with van der Waals surface area (Å²) >= 11 is 0. The first-order valence-electron chi connectivity index (χ1n) is 26.0. The molecule has 18 nitrogen and oxygen atoms in total. The lowest BCUT2D eigenvalue weighted by molar-refractivity contribution is -0.148. The smallest absolute Gasteiger partial charge is 0.246 e. The topological polar surface area (TPSA) is 250 Å². The van der Waals surface area contributed by atoms with Crippen molar-refractivity contribution in [3.63, 3.8) is 0 Å². The number of carbonyl (C=O) groups is 9. The van der Waals surface area contributed by atoms with Crippen molar-refractivity contribution in [2.75, 3.05) is 19.6 Å². The minimum atomic E-state index is -1.06. The van der Waals surface area contributed by atoms with E-state index in [-0.39, 0.29) is 73.1 Å². The number of rotatable bonds is 26. The molecule has 3 aliphatic rings. The van der Waals surface area contributed by atoms with Crippen LogP contribution in [-0.4, -0.2) is 142 Å². The Morgan fingerprint density at radius 2 is 0.797 bits per heavy atom. The van der Waals surface area contributed by atoms with Gasteiger partial charge in [0.2, 0.25) is 47.3 Å². The van der Waals surface area contributed by atoms with Gasteiger partial charge in [-0.1, -0.05) is 83.1 Å². The van der Waals surface area contributed by atoms with Crippen molar-refractivity contribution < 1.29 is 43.2 Å². The summed E-state index contributed by atoms with van der Waals surface area (Å²) in [6.07, 6.45) is 5.61. The van der Waals surface area contributed by atoms with E-state index >= 15 is 0 Å². The third kappa shape index (κ3) is 17.9. The Morgan fingerprint density at radius 1 is 0.449 bits per heavy atom. The van der Waals surface area contributed by atoms with E-state index < -0.39 is 89.8 Å². The number of nitrogens with zero attached hydrogens (tertiary/aromatic N) is 3. The molecule has 18 heteroatoms. The Balaban J connectivity index is 1.79. The van der Waals surface area contributed by atoms with Crippen molar-refractivity contribution in [1.82, 2.24) is 41.3 Å². The van der Waals surface area contributed by atoms with Gasteiger partial charge in [0.1, 0.15) is 48.6 Å². The molecule has 0 aliphatic carbocycles. The third-order valence-corrected chi connectivity index (χ3v) is 13.1. The van der Waals surface area contributed by atoms with Crippen molar-refractivity contribution in [1.29, 1.82) is 0 Å². The van der Waals surface area contributed by atoms with Crippen LogP contribution < -0.4 is 32.3 Å². The first-order valence-corrected chi connectivity index (χ1v) is 26.0. The monoisotopic (exact) mass is 972 g/mol. The molecule has 8 amide bonds. The fourth-order valence-corrected chi connectivity index (χ4v) is 9.92. The number of nitrogens with one attached hydrogen (secondary N) is 5. The lowest BCUT2D eigenvalue weighted by atomic mass is 9.98. The van der Waals surface area contributed by atoms with Crippen LogP contribution in [0.5, 0.6) is 0 Å². The van der Waals surface area contributed by atoms with Crippen molar-refractivity contribution >= 4 is 53.5 Å². The fraction of sp³-hybridized carbons (Fsp3) is 0.824. The van der Waals surface area contributed by atoms with E-state index in [2.05, 4.69) is 26.6 Å². The highest BCUT2D eigenvalue weighted by Crippen LogP contribution is 2.27. The lowest BCUT2D eigenvalue weighted by Crippen LogP contribution is -2.60. The predicted molar refractivity (Wildman–Crippen MR) is 265 cm³/mol. The van der Waals surface area contributed by atoms with Crippen molar-refractivity contribution in [2.45, 2.75) is 215 Å². The van der Waals surface area contributed by atoms with Crippen LogP contribution in [0.2, 0.25) is 0 Å². The van der Waals surface area contributed by atoms with Crippen molar-refractivity contribution in [3.05, 3.63) is 0 Å². The van der Waals surface area contributed by atoms with E-state index in [9.17, 15) is 43.2 Å². The Labute approximate surface area is 412 Å². The molecule has 0 aromatic heterocycles. The zero-order valence-electron chi connectivity index (χ0n) is 43.9. The maximum atomic E-state index is 14.5. The lowest BCUT2D eigenvalue weighted by Gasteiger charge is -2.34. The van der Waals surface area contributed by atoms with Gasteiger partial charge in [0.25, 0.3) is 0 Å². The molecule has 3 heterocycles. The van der Waals surface area contributed by atoms with Crippen LogP contribution in [0, 0.1) is 35.5 Å². The predicted octanol–water partition coefficient (Wildman–Crippen LogP) is 3.19. The highest BCUT2D eigenvalue weighted by Gasteiger charge is 2.45. The normalized spacial score (nSPS) is 21.1. The van der Waals surface area contributed by atoms with Gasteiger partial charge in [-0.05, 0) is 113 Å². The molecule has 0 aromatic rings. The molecule has 0 spiro atoms. The summed E-state index contributed by atoms with van der Waals surface area (Å²) < 4.78 is 0. The van der Waals surface area contributed by atoms with Crippen LogP contribution >= 0.6 is 0 Å². The Kier molecular flexibility index (Phi) is 23.6. The van der Waals surface area contributed by atoms with Gasteiger partial charge in [-0.25, -0.2) is 0 Å². The summed E-state index contributed by atoms with van der Waals surface area (Å²) in [6, 6.07) is -7.96. The second-order valence-corrected chi connectivity index (χ2v) is 22.4. The average Bonchev–Trinajstić information content (AvgIpc) is 4.05. The van der Waals surface area contributed by atoms with Gasteiger partial charge in [-0.15, -0.1) is 0 Å². The first-order chi connectivity index (χ1) is 32.3. The van der Waals surface area contributed by atoms with Crippen LogP contribution in [-0.2, 0) is 43.2 Å².